The zero-order valence-electron chi connectivity index (χ0n) is 34.6. The number of carboxylic acids is 1. The molecule has 6 rings (SSSR count). The first-order chi connectivity index (χ1) is 32.3. The van der Waals surface area contributed by atoms with Gasteiger partial charge in [0, 0.05) is 42.4 Å². The van der Waals surface area contributed by atoms with Gasteiger partial charge in [0.15, 0.2) is 16.2 Å². The van der Waals surface area contributed by atoms with Crippen LogP contribution in [-0.2, 0) is 79.2 Å². The standard InChI is InChI=1S/C35H33N7O23S5/c36-19-8-7-17-25(15-3-1-5-18(26(15)34(48)49)35(50)65-42-23(43)9-10-24(42)44)16-4-2-6-22-27(16)64-28(17)29(19)69(59,60)38-12-11-37-30(45)20(13-66(51,52)53)39-31(46)21(14-67(54,55)56)40-32(47)33(70(61,62)63)41-68(22,57)58/h1-8,20-21,33,36,38,41H,9-14H2,(H,37,45)(H,39,46)(H,40,47)(H,48,49)(H,51,52,53)(H,54,55,56)(H,61,62,63). The van der Waals surface area contributed by atoms with E-state index in [1.807, 2.05) is 10.0 Å². The number of nitrogens with one attached hydrogen (secondary N) is 6. The summed E-state index contributed by atoms with van der Waals surface area (Å²) in [5, 5.41) is 19.4. The minimum absolute atomic E-state index is 0.0930. The number of nitrogens with zero attached hydrogens (tertiary/aromatic N) is 1. The maximum atomic E-state index is 14.3. The van der Waals surface area contributed by atoms with Crippen molar-refractivity contribution < 1.29 is 104 Å². The first-order valence-corrected chi connectivity index (χ1v) is 26.8. The van der Waals surface area contributed by atoms with Gasteiger partial charge in [0.2, 0.25) is 37.2 Å². The van der Waals surface area contributed by atoms with E-state index in [2.05, 4.69) is 0 Å². The second-order valence-corrected chi connectivity index (χ2v) is 22.6. The lowest BCUT2D eigenvalue weighted by molar-refractivity contribution is -0.172. The van der Waals surface area contributed by atoms with E-state index >= 15 is 0 Å². The third-order valence-corrected chi connectivity index (χ3v) is 15.4. The molecule has 4 aliphatic rings. The average molecular weight is 1080 g/mol. The number of benzene rings is 3. The normalized spacial score (nSPS) is 20.8. The first kappa shape index (κ1) is 52.5. The molecule has 35 heteroatoms. The predicted octanol–water partition coefficient (Wildman–Crippen LogP) is -3.75. The molecule has 3 aliphatic heterocycles. The van der Waals surface area contributed by atoms with Crippen molar-refractivity contribution in [3.8, 4) is 22.5 Å². The Morgan fingerprint density at radius 3 is 1.93 bits per heavy atom. The van der Waals surface area contributed by atoms with Crippen LogP contribution in [0.5, 0.6) is 0 Å². The molecule has 70 heavy (non-hydrogen) atoms. The Morgan fingerprint density at radius 2 is 1.34 bits per heavy atom. The van der Waals surface area contributed by atoms with Gasteiger partial charge in [-0.2, -0.15) is 30.0 Å². The van der Waals surface area contributed by atoms with Gasteiger partial charge in [0.1, 0.15) is 28.5 Å². The highest BCUT2D eigenvalue weighted by Crippen LogP contribution is 2.45. The molecule has 10 N–H and O–H groups in total. The zero-order chi connectivity index (χ0) is 52.1. The number of hydrogen-bond acceptors (Lipinski definition) is 20. The zero-order valence-corrected chi connectivity index (χ0v) is 38.7. The molecule has 3 heterocycles. The Balaban J connectivity index is 1.66. The lowest BCUT2D eigenvalue weighted by Gasteiger charge is -2.24. The van der Waals surface area contributed by atoms with Gasteiger partial charge in [-0.05, 0) is 29.8 Å². The number of para-hydroxylation sites is 1. The third-order valence-electron chi connectivity index (χ3n) is 9.87. The quantitative estimate of drug-likeness (QED) is 0.0437. The van der Waals surface area contributed by atoms with Gasteiger partial charge in [-0.1, -0.05) is 24.3 Å². The van der Waals surface area contributed by atoms with Gasteiger partial charge in [0.25, 0.3) is 48.1 Å². The summed E-state index contributed by atoms with van der Waals surface area (Å²) in [4.78, 5) is 93.8. The lowest BCUT2D eigenvalue weighted by Crippen LogP contribution is -2.60. The number of hydrogen-bond donors (Lipinski definition) is 10. The van der Waals surface area contributed by atoms with E-state index in [1.165, 1.54) is 10.0 Å². The Hall–Kier alpha value is -6.83. The van der Waals surface area contributed by atoms with Crippen LogP contribution >= 0.6 is 0 Å². The Kier molecular flexibility index (Phi) is 14.4. The van der Waals surface area contributed by atoms with Crippen LogP contribution in [0.4, 0.5) is 0 Å². The molecule has 1 fully saturated rings. The second-order valence-electron chi connectivity index (χ2n) is 14.7. The number of aromatic carboxylic acids is 1. The molecule has 376 valence electrons. The van der Waals surface area contributed by atoms with E-state index < -0.39 is 194 Å². The smallest absolute Gasteiger partial charge is 0.364 e. The van der Waals surface area contributed by atoms with Crippen molar-refractivity contribution in [2.24, 2.45) is 0 Å². The number of carboxylic acid groups (broad SMARTS) is 1. The monoisotopic (exact) mass is 1080 g/mol. The van der Waals surface area contributed by atoms with Gasteiger partial charge < -0.3 is 30.3 Å². The molecule has 1 saturated heterocycles. The van der Waals surface area contributed by atoms with Crippen LogP contribution in [0.15, 0.2) is 62.7 Å². The number of rotatable bonds is 9. The molecule has 0 aromatic heterocycles. The van der Waals surface area contributed by atoms with E-state index in [0.29, 0.717) is 6.07 Å². The molecule has 5 amide bonds. The summed E-state index contributed by atoms with van der Waals surface area (Å²) in [5.74, 6) is -15.8. The minimum atomic E-state index is -6.12. The molecule has 2 aromatic carbocycles. The molecule has 3 unspecified atom stereocenters. The predicted molar refractivity (Wildman–Crippen MR) is 228 cm³/mol. The van der Waals surface area contributed by atoms with Crippen molar-refractivity contribution in [1.82, 2.24) is 30.5 Å². The molecule has 0 spiro atoms. The topological polar surface area (TPSA) is 481 Å². The molecule has 2 bridgehead atoms. The number of sulfonamides is 2. The van der Waals surface area contributed by atoms with E-state index in [4.69, 9.17) is 14.7 Å². The largest absolute Gasteiger partial charge is 0.478 e. The van der Waals surface area contributed by atoms with Crippen LogP contribution < -0.4 is 30.8 Å². The highest BCUT2D eigenvalue weighted by molar-refractivity contribution is 7.92. The number of hydroxylamine groups is 2. The summed E-state index contributed by atoms with van der Waals surface area (Å²) in [7, 11) is -27.8. The van der Waals surface area contributed by atoms with Crippen LogP contribution in [0.1, 0.15) is 33.6 Å². The van der Waals surface area contributed by atoms with Gasteiger partial charge in [-0.15, -0.1) is 5.06 Å². The van der Waals surface area contributed by atoms with Gasteiger partial charge in [0.05, 0.1) is 16.5 Å². The molecule has 1 aliphatic carbocycles. The van der Waals surface area contributed by atoms with Crippen molar-refractivity contribution >= 4 is 103 Å². The summed E-state index contributed by atoms with van der Waals surface area (Å²) >= 11 is 0. The van der Waals surface area contributed by atoms with Crippen LogP contribution in [0, 0.1) is 5.41 Å². The average Bonchev–Trinajstić information content (AvgIpc) is 3.55. The number of carbonyl (C=O) groups excluding carboxylic acids is 6. The van der Waals surface area contributed by atoms with Crippen LogP contribution in [-0.4, -0.2) is 149 Å². The third kappa shape index (κ3) is 11.3. The maximum absolute atomic E-state index is 14.3. The van der Waals surface area contributed by atoms with Crippen molar-refractivity contribution in [1.29, 1.82) is 5.41 Å². The highest BCUT2D eigenvalue weighted by Gasteiger charge is 2.42. The van der Waals surface area contributed by atoms with Crippen LogP contribution in [0.3, 0.4) is 0 Å². The van der Waals surface area contributed by atoms with Crippen molar-refractivity contribution in [3.63, 3.8) is 0 Å². The Bertz CT molecular complexity index is 3550. The summed E-state index contributed by atoms with van der Waals surface area (Å²) in [6.45, 7) is -1.72. The number of amides is 5. The van der Waals surface area contributed by atoms with Crippen molar-refractivity contribution in [3.05, 3.63) is 65.0 Å². The maximum Gasteiger partial charge on any atom is 0.364 e. The minimum Gasteiger partial charge on any atom is -0.478 e. The molecular weight excluding hydrogens is 1050 g/mol. The Labute approximate surface area is 392 Å². The van der Waals surface area contributed by atoms with Crippen molar-refractivity contribution in [2.45, 2.75) is 40.1 Å². The molecule has 0 saturated carbocycles. The van der Waals surface area contributed by atoms with Gasteiger partial charge in [-0.25, -0.2) is 31.1 Å². The molecule has 0 radical (unpaired) electrons. The van der Waals surface area contributed by atoms with Gasteiger partial charge >= 0.3 is 11.9 Å². The van der Waals surface area contributed by atoms with Gasteiger partial charge in [-0.3, -0.25) is 43.0 Å². The van der Waals surface area contributed by atoms with Crippen LogP contribution in [0.2, 0.25) is 0 Å². The number of imide groups is 1. The SMILES string of the molecule is N=c1ccc2c(-c3cccc(C(=O)ON4C(=O)CCC4=O)c3C(=O)O)c3cccc4c3oc-2c1S(=O)(=O)NCCNC(=O)C(CS(=O)(=O)O)NC(=O)C(CS(=O)(=O)O)NC(=O)C(S(=O)(=O)O)NS4(=O)=O. The number of carbonyl (C=O) groups is 7. The Morgan fingerprint density at radius 1 is 0.757 bits per heavy atom. The van der Waals surface area contributed by atoms with Crippen LogP contribution in [0.25, 0.3) is 33.4 Å². The first-order valence-electron chi connectivity index (χ1n) is 19.1. The van der Waals surface area contributed by atoms with Crippen molar-refractivity contribution in [2.75, 3.05) is 24.6 Å². The summed E-state index contributed by atoms with van der Waals surface area (Å²) in [6, 6.07) is 2.12. The molecular formula is C35H33N7O23S5. The van der Waals surface area contributed by atoms with E-state index in [9.17, 15) is 94.4 Å². The fraction of sp³-hybridized carbons (Fsp3) is 0.257. The lowest BCUT2D eigenvalue weighted by atomic mass is 9.89. The second kappa shape index (κ2) is 19.2. The van der Waals surface area contributed by atoms with E-state index in [-0.39, 0.29) is 17.9 Å². The fourth-order valence-electron chi connectivity index (χ4n) is 6.97. The summed E-state index contributed by atoms with van der Waals surface area (Å²) < 4.78 is 168. The fourth-order valence-corrected chi connectivity index (χ4v) is 11.9. The summed E-state index contributed by atoms with van der Waals surface area (Å²) in [6.07, 6.45) is -0.732. The highest BCUT2D eigenvalue weighted by atomic mass is 32.2. The molecule has 30 nitrogen and oxygen atoms in total. The summed E-state index contributed by atoms with van der Waals surface area (Å²) in [5.41, 5.74) is -4.47. The molecule has 3 atom stereocenters. The molecule has 2 aromatic rings. The van der Waals surface area contributed by atoms with E-state index in [0.717, 1.165) is 42.5 Å². The van der Waals surface area contributed by atoms with E-state index in [1.54, 1.807) is 5.32 Å².